The summed E-state index contributed by atoms with van der Waals surface area (Å²) >= 11 is 10.5. The maximum absolute atomic E-state index is 11.2. The Labute approximate surface area is 94.0 Å². The molecule has 0 fully saturated rings. The Hall–Kier alpha value is -0.0600. The molecule has 13 heavy (non-hydrogen) atoms. The molecule has 0 aliphatic rings. The molecule has 0 bridgehead atoms. The topological polar surface area (TPSA) is 26.3 Å². The van der Waals surface area contributed by atoms with E-state index >= 15 is 0 Å². The van der Waals surface area contributed by atoms with Gasteiger partial charge in [0.15, 0.2) is 0 Å². The maximum Gasteiger partial charge on any atom is 0.348 e. The van der Waals surface area contributed by atoms with Crippen LogP contribution in [0.2, 0.25) is 5.02 Å². The normalized spacial score (nSPS) is 10.1. The van der Waals surface area contributed by atoms with E-state index in [0.717, 1.165) is 4.88 Å². The molecular weight excluding hydrogens is 276 g/mol. The molecule has 0 saturated heterocycles. The molecular formula is C8H8BrClO2S. The van der Waals surface area contributed by atoms with E-state index in [-0.39, 0.29) is 5.97 Å². The lowest BCUT2D eigenvalue weighted by Gasteiger charge is -1.96. The first-order valence-electron chi connectivity index (χ1n) is 3.70. The van der Waals surface area contributed by atoms with Crippen LogP contribution in [-0.2, 0) is 10.1 Å². The predicted molar refractivity (Wildman–Crippen MR) is 57.9 cm³/mol. The molecule has 0 spiro atoms. The van der Waals surface area contributed by atoms with Crippen molar-refractivity contribution in [1.29, 1.82) is 0 Å². The van der Waals surface area contributed by atoms with Crippen LogP contribution in [0.4, 0.5) is 0 Å². The largest absolute Gasteiger partial charge is 0.462 e. The summed E-state index contributed by atoms with van der Waals surface area (Å²) in [7, 11) is 0. The molecule has 1 rings (SSSR count). The number of alkyl halides is 1. The Morgan fingerprint density at radius 1 is 1.77 bits per heavy atom. The molecule has 0 aromatic carbocycles. The Bertz CT molecular complexity index is 311. The van der Waals surface area contributed by atoms with E-state index in [1.54, 1.807) is 13.0 Å². The number of esters is 1. The van der Waals surface area contributed by atoms with Gasteiger partial charge in [-0.2, -0.15) is 0 Å². The van der Waals surface area contributed by atoms with Gasteiger partial charge in [0.05, 0.1) is 11.6 Å². The van der Waals surface area contributed by atoms with Crippen molar-refractivity contribution in [3.63, 3.8) is 0 Å². The van der Waals surface area contributed by atoms with Gasteiger partial charge in [0.25, 0.3) is 0 Å². The molecule has 0 saturated carbocycles. The number of hydrogen-bond donors (Lipinski definition) is 0. The van der Waals surface area contributed by atoms with E-state index in [4.69, 9.17) is 16.3 Å². The van der Waals surface area contributed by atoms with E-state index < -0.39 is 0 Å². The average molecular weight is 284 g/mol. The lowest BCUT2D eigenvalue weighted by atomic mass is 10.4. The highest BCUT2D eigenvalue weighted by Crippen LogP contribution is 2.29. The first kappa shape index (κ1) is 11.0. The highest BCUT2D eigenvalue weighted by atomic mass is 79.9. The summed E-state index contributed by atoms with van der Waals surface area (Å²) in [6.45, 7) is 2.16. The van der Waals surface area contributed by atoms with Crippen LogP contribution in [0.15, 0.2) is 6.07 Å². The highest BCUT2D eigenvalue weighted by molar-refractivity contribution is 9.08. The summed E-state index contributed by atoms with van der Waals surface area (Å²) in [5.41, 5.74) is 0. The van der Waals surface area contributed by atoms with Gasteiger partial charge in [-0.15, -0.1) is 11.3 Å². The second-order valence-corrected chi connectivity index (χ2v) is 4.34. The fourth-order valence-corrected chi connectivity index (χ4v) is 2.76. The summed E-state index contributed by atoms with van der Waals surface area (Å²) in [5.74, 6) is -0.304. The van der Waals surface area contributed by atoms with Crippen molar-refractivity contribution in [3.8, 4) is 0 Å². The van der Waals surface area contributed by atoms with Crippen molar-refractivity contribution in [1.82, 2.24) is 0 Å². The van der Waals surface area contributed by atoms with Gasteiger partial charge < -0.3 is 4.74 Å². The molecule has 2 nitrogen and oxygen atoms in total. The molecule has 0 aliphatic heterocycles. The summed E-state index contributed by atoms with van der Waals surface area (Å²) in [5, 5.41) is 1.28. The second-order valence-electron chi connectivity index (χ2n) is 2.24. The van der Waals surface area contributed by atoms with Crippen molar-refractivity contribution < 1.29 is 9.53 Å². The third-order valence-corrected chi connectivity index (χ3v) is 3.85. The lowest BCUT2D eigenvalue weighted by molar-refractivity contribution is 0.0532. The van der Waals surface area contributed by atoms with E-state index in [1.807, 2.05) is 0 Å². The fraction of sp³-hybridized carbons (Fsp3) is 0.375. The third-order valence-electron chi connectivity index (χ3n) is 1.36. The monoisotopic (exact) mass is 282 g/mol. The minimum atomic E-state index is -0.304. The second kappa shape index (κ2) is 4.98. The Morgan fingerprint density at radius 2 is 2.46 bits per heavy atom. The Morgan fingerprint density at radius 3 is 2.92 bits per heavy atom. The lowest BCUT2D eigenvalue weighted by Crippen LogP contribution is -2.01. The van der Waals surface area contributed by atoms with Gasteiger partial charge in [0.2, 0.25) is 0 Å². The van der Waals surface area contributed by atoms with Crippen LogP contribution in [0.3, 0.4) is 0 Å². The number of carbonyl (C=O) groups is 1. The van der Waals surface area contributed by atoms with Crippen molar-refractivity contribution in [2.24, 2.45) is 0 Å². The molecule has 0 atom stereocenters. The van der Waals surface area contributed by atoms with E-state index in [2.05, 4.69) is 15.9 Å². The molecule has 0 aliphatic carbocycles. The standard InChI is InChI=1S/C8H8BrClO2S/c1-2-12-8(11)6-3-5(10)7(4-9)13-6/h3H,2,4H2,1H3. The zero-order valence-corrected chi connectivity index (χ0v) is 10.1. The van der Waals surface area contributed by atoms with Crippen molar-refractivity contribution in [3.05, 3.63) is 20.8 Å². The van der Waals surface area contributed by atoms with Crippen LogP contribution in [0.5, 0.6) is 0 Å². The fourth-order valence-electron chi connectivity index (χ4n) is 0.800. The molecule has 0 amide bonds. The first-order chi connectivity index (χ1) is 6.19. The van der Waals surface area contributed by atoms with Gasteiger partial charge in [-0.1, -0.05) is 27.5 Å². The summed E-state index contributed by atoms with van der Waals surface area (Å²) in [6, 6.07) is 1.64. The smallest absolute Gasteiger partial charge is 0.348 e. The summed E-state index contributed by atoms with van der Waals surface area (Å²) < 4.78 is 4.84. The van der Waals surface area contributed by atoms with Crippen LogP contribution in [0.1, 0.15) is 21.5 Å². The van der Waals surface area contributed by atoms with Gasteiger partial charge in [0.1, 0.15) is 4.88 Å². The zero-order valence-electron chi connectivity index (χ0n) is 6.97. The van der Waals surface area contributed by atoms with Gasteiger partial charge in [-0.05, 0) is 13.0 Å². The van der Waals surface area contributed by atoms with Crippen LogP contribution in [-0.4, -0.2) is 12.6 Å². The number of ether oxygens (including phenoxy) is 1. The molecule has 1 aromatic heterocycles. The molecule has 0 N–H and O–H groups in total. The minimum absolute atomic E-state index is 0.304. The highest BCUT2D eigenvalue weighted by Gasteiger charge is 2.13. The summed E-state index contributed by atoms with van der Waals surface area (Å²) in [4.78, 5) is 12.7. The SMILES string of the molecule is CCOC(=O)c1cc(Cl)c(CBr)s1. The molecule has 0 unspecified atom stereocenters. The van der Waals surface area contributed by atoms with Crippen LogP contribution in [0.25, 0.3) is 0 Å². The van der Waals surface area contributed by atoms with Crippen LogP contribution >= 0.6 is 38.9 Å². The van der Waals surface area contributed by atoms with Crippen molar-refractivity contribution >= 4 is 44.8 Å². The maximum atomic E-state index is 11.2. The van der Waals surface area contributed by atoms with Crippen molar-refractivity contribution in [2.45, 2.75) is 12.3 Å². The number of halogens is 2. The van der Waals surface area contributed by atoms with E-state index in [1.165, 1.54) is 11.3 Å². The Balaban J connectivity index is 2.84. The van der Waals surface area contributed by atoms with Gasteiger partial charge in [-0.3, -0.25) is 0 Å². The summed E-state index contributed by atoms with van der Waals surface area (Å²) in [6.07, 6.45) is 0. The molecule has 0 radical (unpaired) electrons. The zero-order chi connectivity index (χ0) is 9.84. The number of carbonyl (C=O) groups excluding carboxylic acids is 1. The number of rotatable bonds is 3. The average Bonchev–Trinajstić information content (AvgIpc) is 2.47. The number of thiophene rings is 1. The number of hydrogen-bond acceptors (Lipinski definition) is 3. The molecule has 72 valence electrons. The minimum Gasteiger partial charge on any atom is -0.462 e. The van der Waals surface area contributed by atoms with Crippen LogP contribution < -0.4 is 0 Å². The van der Waals surface area contributed by atoms with E-state index in [0.29, 0.717) is 21.8 Å². The van der Waals surface area contributed by atoms with Gasteiger partial charge in [0, 0.05) is 10.2 Å². The van der Waals surface area contributed by atoms with Gasteiger partial charge in [-0.25, -0.2) is 4.79 Å². The third kappa shape index (κ3) is 2.69. The molecule has 5 heteroatoms. The van der Waals surface area contributed by atoms with Gasteiger partial charge >= 0.3 is 5.97 Å². The molecule has 1 aromatic rings. The quantitative estimate of drug-likeness (QED) is 0.627. The van der Waals surface area contributed by atoms with Crippen molar-refractivity contribution in [2.75, 3.05) is 6.61 Å². The Kier molecular flexibility index (Phi) is 4.22. The first-order valence-corrected chi connectivity index (χ1v) is 6.02. The molecule has 1 heterocycles. The van der Waals surface area contributed by atoms with E-state index in [9.17, 15) is 4.79 Å². The van der Waals surface area contributed by atoms with Crippen LogP contribution in [0, 0.1) is 0 Å². The predicted octanol–water partition coefficient (Wildman–Crippen LogP) is 3.47.